The first-order valence-electron chi connectivity index (χ1n) is 5.29. The third-order valence-corrected chi connectivity index (χ3v) is 3.73. The molecule has 0 aromatic carbocycles. The van der Waals surface area contributed by atoms with Crippen LogP contribution in [0.2, 0.25) is 5.02 Å². The summed E-state index contributed by atoms with van der Waals surface area (Å²) >= 11 is 7.11. The van der Waals surface area contributed by atoms with E-state index >= 15 is 0 Å². The van der Waals surface area contributed by atoms with Crippen molar-refractivity contribution in [3.63, 3.8) is 0 Å². The lowest BCUT2D eigenvalue weighted by Crippen LogP contribution is -2.29. The first-order chi connectivity index (χ1) is 8.47. The molecule has 1 N–H and O–H groups in total. The van der Waals surface area contributed by atoms with Gasteiger partial charge in [0.15, 0.2) is 0 Å². The minimum absolute atomic E-state index is 0.0248. The summed E-state index contributed by atoms with van der Waals surface area (Å²) in [6, 6.07) is 0. The number of aromatic amines is 1. The van der Waals surface area contributed by atoms with Gasteiger partial charge >= 0.3 is 5.69 Å². The molecular weight excluding hydrogens is 276 g/mol. The highest BCUT2D eigenvalue weighted by molar-refractivity contribution is 7.11. The average molecular weight is 287 g/mol. The molecule has 0 fully saturated rings. The summed E-state index contributed by atoms with van der Waals surface area (Å²) < 4.78 is 1.30. The van der Waals surface area contributed by atoms with Crippen LogP contribution in [0.4, 0.5) is 0 Å². The third-order valence-electron chi connectivity index (χ3n) is 2.25. The molecule has 2 rings (SSSR count). The molecule has 0 aliphatic carbocycles. The summed E-state index contributed by atoms with van der Waals surface area (Å²) in [6.45, 7) is 4.29. The Bertz CT molecular complexity index is 673. The zero-order valence-corrected chi connectivity index (χ0v) is 11.4. The minimum Gasteiger partial charge on any atom is -0.292 e. The normalized spacial score (nSPS) is 11.1. The molecule has 96 valence electrons. The monoisotopic (exact) mass is 286 g/mol. The summed E-state index contributed by atoms with van der Waals surface area (Å²) in [5.74, 6) is 0.298. The molecule has 0 atom stereocenters. The number of hydrogen-bond donors (Lipinski definition) is 1. The van der Waals surface area contributed by atoms with Crippen molar-refractivity contribution < 1.29 is 0 Å². The van der Waals surface area contributed by atoms with Crippen LogP contribution in [-0.4, -0.2) is 19.7 Å². The van der Waals surface area contributed by atoms with Gasteiger partial charge in [-0.05, 0) is 0 Å². The van der Waals surface area contributed by atoms with E-state index in [-0.39, 0.29) is 11.6 Å². The van der Waals surface area contributed by atoms with Crippen LogP contribution >= 0.6 is 22.9 Å². The number of halogens is 1. The van der Waals surface area contributed by atoms with Gasteiger partial charge in [0.1, 0.15) is 15.0 Å². The van der Waals surface area contributed by atoms with E-state index in [1.807, 2.05) is 13.8 Å². The fourth-order valence-corrected chi connectivity index (χ4v) is 2.32. The number of aromatic nitrogens is 4. The van der Waals surface area contributed by atoms with E-state index in [1.54, 1.807) is 0 Å². The van der Waals surface area contributed by atoms with Crippen molar-refractivity contribution in [2.75, 3.05) is 0 Å². The second kappa shape index (κ2) is 5.03. The molecule has 18 heavy (non-hydrogen) atoms. The van der Waals surface area contributed by atoms with Gasteiger partial charge in [-0.1, -0.05) is 36.8 Å². The van der Waals surface area contributed by atoms with E-state index < -0.39 is 11.2 Å². The maximum Gasteiger partial charge on any atom is 0.328 e. The molecule has 0 aliphatic rings. The molecule has 2 aromatic heterocycles. The second-order valence-corrected chi connectivity index (χ2v) is 5.55. The molecule has 8 heteroatoms. The largest absolute Gasteiger partial charge is 0.328 e. The summed E-state index contributed by atoms with van der Waals surface area (Å²) in [4.78, 5) is 24.8. The number of nitrogens with one attached hydrogen (secondary N) is 1. The lowest BCUT2D eigenvalue weighted by molar-refractivity contribution is 0.707. The summed E-state index contributed by atoms with van der Waals surface area (Å²) in [5, 5.41) is 9.61. The van der Waals surface area contributed by atoms with Gasteiger partial charge in [-0.25, -0.2) is 4.79 Å². The van der Waals surface area contributed by atoms with Crippen molar-refractivity contribution in [2.24, 2.45) is 0 Å². The average Bonchev–Trinajstić information content (AvgIpc) is 2.74. The van der Waals surface area contributed by atoms with Gasteiger partial charge in [0.05, 0.1) is 6.54 Å². The van der Waals surface area contributed by atoms with E-state index in [1.165, 1.54) is 22.1 Å². The fourth-order valence-electron chi connectivity index (χ4n) is 1.31. The second-order valence-electron chi connectivity index (χ2n) is 4.05. The van der Waals surface area contributed by atoms with Crippen LogP contribution in [-0.2, 0) is 6.54 Å². The number of rotatable bonds is 3. The van der Waals surface area contributed by atoms with Crippen LogP contribution in [0.1, 0.15) is 29.8 Å². The molecule has 0 bridgehead atoms. The van der Waals surface area contributed by atoms with E-state index in [0.717, 1.165) is 5.01 Å². The molecule has 0 unspecified atom stereocenters. The maximum absolute atomic E-state index is 11.5. The molecule has 2 heterocycles. The van der Waals surface area contributed by atoms with E-state index in [9.17, 15) is 9.59 Å². The Morgan fingerprint density at radius 2 is 2.17 bits per heavy atom. The van der Waals surface area contributed by atoms with Crippen molar-refractivity contribution in [1.29, 1.82) is 0 Å². The number of hydrogen-bond acceptors (Lipinski definition) is 5. The maximum atomic E-state index is 11.5. The zero-order chi connectivity index (χ0) is 13.3. The molecule has 0 radical (unpaired) electrons. The molecule has 0 saturated carbocycles. The molecule has 0 amide bonds. The summed E-state index contributed by atoms with van der Waals surface area (Å²) in [6.07, 6.45) is 1.30. The van der Waals surface area contributed by atoms with Gasteiger partial charge in [0.2, 0.25) is 0 Å². The van der Waals surface area contributed by atoms with Crippen LogP contribution in [0.25, 0.3) is 0 Å². The standard InChI is InChI=1S/C10H11ClN4O2S/c1-5(2)9-14-13-7(18-9)4-15-3-6(11)8(16)12-10(15)17/h3,5H,4H2,1-2H3,(H,12,16,17). The minimum atomic E-state index is -0.585. The van der Waals surface area contributed by atoms with E-state index in [4.69, 9.17) is 11.6 Å². The molecule has 0 saturated heterocycles. The molecule has 0 aliphatic heterocycles. The SMILES string of the molecule is CC(C)c1nnc(Cn2cc(Cl)c(=O)[nH]c2=O)s1. The Balaban J connectivity index is 2.31. The highest BCUT2D eigenvalue weighted by atomic mass is 35.5. The Morgan fingerprint density at radius 3 is 2.78 bits per heavy atom. The Kier molecular flexibility index (Phi) is 3.63. The lowest BCUT2D eigenvalue weighted by atomic mass is 10.2. The zero-order valence-electron chi connectivity index (χ0n) is 9.81. The highest BCUT2D eigenvalue weighted by Crippen LogP contribution is 2.19. The number of H-pyrrole nitrogens is 1. The van der Waals surface area contributed by atoms with Crippen LogP contribution in [0.3, 0.4) is 0 Å². The van der Waals surface area contributed by atoms with Gasteiger partial charge in [0.25, 0.3) is 5.56 Å². The van der Waals surface area contributed by atoms with Gasteiger partial charge in [-0.2, -0.15) is 0 Å². The molecule has 6 nitrogen and oxygen atoms in total. The van der Waals surface area contributed by atoms with Crippen LogP contribution in [0, 0.1) is 0 Å². The Labute approximate surface area is 111 Å². The highest BCUT2D eigenvalue weighted by Gasteiger charge is 2.09. The Hall–Kier alpha value is -1.47. The first kappa shape index (κ1) is 13.0. The lowest BCUT2D eigenvalue weighted by Gasteiger charge is -2.01. The van der Waals surface area contributed by atoms with Gasteiger partial charge in [0, 0.05) is 12.1 Å². The number of nitrogens with zero attached hydrogens (tertiary/aromatic N) is 3. The Morgan fingerprint density at radius 1 is 1.44 bits per heavy atom. The fraction of sp³-hybridized carbons (Fsp3) is 0.400. The first-order valence-corrected chi connectivity index (χ1v) is 6.48. The van der Waals surface area contributed by atoms with Gasteiger partial charge in [-0.15, -0.1) is 10.2 Å². The molecule has 2 aromatic rings. The molecular formula is C10H11ClN4O2S. The van der Waals surface area contributed by atoms with Gasteiger partial charge in [-0.3, -0.25) is 14.3 Å². The van der Waals surface area contributed by atoms with Crippen molar-refractivity contribution in [1.82, 2.24) is 19.7 Å². The molecule has 0 spiro atoms. The van der Waals surface area contributed by atoms with E-state index in [2.05, 4.69) is 15.2 Å². The quantitative estimate of drug-likeness (QED) is 0.920. The van der Waals surface area contributed by atoms with Crippen molar-refractivity contribution in [3.05, 3.63) is 42.1 Å². The predicted molar refractivity (Wildman–Crippen MR) is 69.4 cm³/mol. The van der Waals surface area contributed by atoms with Crippen LogP contribution < -0.4 is 11.2 Å². The van der Waals surface area contributed by atoms with Crippen molar-refractivity contribution >= 4 is 22.9 Å². The third kappa shape index (κ3) is 2.68. The van der Waals surface area contributed by atoms with Crippen molar-refractivity contribution in [2.45, 2.75) is 26.3 Å². The topological polar surface area (TPSA) is 80.6 Å². The van der Waals surface area contributed by atoms with Crippen LogP contribution in [0.15, 0.2) is 15.8 Å². The van der Waals surface area contributed by atoms with Crippen molar-refractivity contribution in [3.8, 4) is 0 Å². The predicted octanol–water partition coefficient (Wildman–Crippen LogP) is 1.21. The summed E-state index contributed by atoms with van der Waals surface area (Å²) in [5.41, 5.74) is -1.09. The van der Waals surface area contributed by atoms with Gasteiger partial charge < -0.3 is 0 Å². The van der Waals surface area contributed by atoms with E-state index in [0.29, 0.717) is 10.9 Å². The summed E-state index contributed by atoms with van der Waals surface area (Å²) in [7, 11) is 0. The smallest absolute Gasteiger partial charge is 0.292 e. The van der Waals surface area contributed by atoms with Crippen LogP contribution in [0.5, 0.6) is 0 Å².